The van der Waals surface area contributed by atoms with Crippen LogP contribution in [0.4, 0.5) is 0 Å². The minimum absolute atomic E-state index is 0.121. The fourth-order valence-electron chi connectivity index (χ4n) is 4.51. The number of ether oxygens (including phenoxy) is 1. The maximum Gasteiger partial charge on any atom is 0.295 e. The van der Waals surface area contributed by atoms with Gasteiger partial charge >= 0.3 is 0 Å². The number of nitrogens with zero attached hydrogens (tertiary/aromatic N) is 2. The van der Waals surface area contributed by atoms with Gasteiger partial charge in [0, 0.05) is 12.1 Å². The number of aliphatic hydroxyl groups excluding tert-OH is 1. The van der Waals surface area contributed by atoms with Gasteiger partial charge in [-0.15, -0.1) is 0 Å². The molecule has 6 nitrogen and oxygen atoms in total. The number of likely N-dealkylation sites (tertiary alicyclic amines) is 1. The zero-order valence-corrected chi connectivity index (χ0v) is 20.9. The first-order chi connectivity index (χ1) is 16.3. The molecule has 1 amide bonds. The highest BCUT2D eigenvalue weighted by Crippen LogP contribution is 2.40. The van der Waals surface area contributed by atoms with Crippen LogP contribution in [-0.4, -0.2) is 59.4 Å². The monoisotopic (exact) mass is 464 g/mol. The Morgan fingerprint density at radius 3 is 2.32 bits per heavy atom. The molecule has 6 heteroatoms. The van der Waals surface area contributed by atoms with E-state index in [0.717, 1.165) is 48.5 Å². The molecule has 1 heterocycles. The topological polar surface area (TPSA) is 70.1 Å². The number of ketones is 1. The van der Waals surface area contributed by atoms with Crippen molar-refractivity contribution in [3.05, 3.63) is 70.3 Å². The van der Waals surface area contributed by atoms with Crippen LogP contribution in [0.5, 0.6) is 5.75 Å². The van der Waals surface area contributed by atoms with Crippen molar-refractivity contribution >= 4 is 17.4 Å². The number of aliphatic hydroxyl groups is 1. The van der Waals surface area contributed by atoms with Crippen LogP contribution >= 0.6 is 0 Å². The van der Waals surface area contributed by atoms with Crippen LogP contribution in [0.2, 0.25) is 0 Å². The predicted molar refractivity (Wildman–Crippen MR) is 135 cm³/mol. The number of carbonyl (C=O) groups is 2. The molecule has 1 aliphatic heterocycles. The van der Waals surface area contributed by atoms with Crippen molar-refractivity contribution in [3.8, 4) is 5.75 Å². The Labute approximate surface area is 202 Å². The van der Waals surface area contributed by atoms with E-state index in [1.165, 1.54) is 0 Å². The van der Waals surface area contributed by atoms with Crippen molar-refractivity contribution in [1.29, 1.82) is 0 Å². The van der Waals surface area contributed by atoms with Crippen molar-refractivity contribution in [2.24, 2.45) is 0 Å². The molecule has 34 heavy (non-hydrogen) atoms. The van der Waals surface area contributed by atoms with Crippen molar-refractivity contribution in [1.82, 2.24) is 9.80 Å². The minimum Gasteiger partial charge on any atom is -0.507 e. The molecule has 0 aromatic heterocycles. The van der Waals surface area contributed by atoms with Gasteiger partial charge in [0.1, 0.15) is 11.5 Å². The molecule has 0 bridgehead atoms. The molecule has 1 aliphatic rings. The van der Waals surface area contributed by atoms with E-state index in [4.69, 9.17) is 4.74 Å². The van der Waals surface area contributed by atoms with E-state index in [1.54, 1.807) is 4.90 Å². The van der Waals surface area contributed by atoms with Gasteiger partial charge in [-0.3, -0.25) is 9.59 Å². The summed E-state index contributed by atoms with van der Waals surface area (Å²) in [7, 11) is 0. The fourth-order valence-corrected chi connectivity index (χ4v) is 4.51. The lowest BCUT2D eigenvalue weighted by molar-refractivity contribution is -0.140. The summed E-state index contributed by atoms with van der Waals surface area (Å²) >= 11 is 0. The molecular weight excluding hydrogens is 428 g/mol. The zero-order chi connectivity index (χ0) is 24.8. The summed E-state index contributed by atoms with van der Waals surface area (Å²) in [6, 6.07) is 12.5. The third-order valence-electron chi connectivity index (χ3n) is 6.46. The maximum atomic E-state index is 13.2. The number of rotatable bonds is 10. The second-order valence-electron chi connectivity index (χ2n) is 8.69. The largest absolute Gasteiger partial charge is 0.507 e. The fraction of sp³-hybridized carbons (Fsp3) is 0.429. The highest BCUT2D eigenvalue weighted by molar-refractivity contribution is 6.46. The van der Waals surface area contributed by atoms with Gasteiger partial charge in [0.15, 0.2) is 0 Å². The van der Waals surface area contributed by atoms with Gasteiger partial charge in [-0.25, -0.2) is 0 Å². The molecule has 0 saturated carbocycles. The van der Waals surface area contributed by atoms with Crippen LogP contribution in [0.25, 0.3) is 5.76 Å². The highest BCUT2D eigenvalue weighted by atomic mass is 16.5. The Bertz CT molecular complexity index is 1050. The summed E-state index contributed by atoms with van der Waals surface area (Å²) in [5, 5.41) is 11.3. The maximum absolute atomic E-state index is 13.2. The molecule has 182 valence electrons. The predicted octanol–water partition coefficient (Wildman–Crippen LogP) is 4.86. The first-order valence-corrected chi connectivity index (χ1v) is 12.1. The van der Waals surface area contributed by atoms with Gasteiger partial charge < -0.3 is 19.6 Å². The van der Waals surface area contributed by atoms with Crippen molar-refractivity contribution in [3.63, 3.8) is 0 Å². The van der Waals surface area contributed by atoms with Crippen LogP contribution in [0.15, 0.2) is 48.0 Å². The van der Waals surface area contributed by atoms with Gasteiger partial charge in [-0.05, 0) is 76.2 Å². The zero-order valence-electron chi connectivity index (χ0n) is 20.9. The molecule has 2 aromatic carbocycles. The number of benzene rings is 2. The number of aryl methyl sites for hydroxylation is 2. The number of carbonyl (C=O) groups excluding carboxylic acids is 2. The second kappa shape index (κ2) is 11.3. The standard InChI is InChI=1S/C28H36N2O4/c1-6-29(7-2)16-9-17-30-25(21-12-14-22(15-13-21)34-8-3)24(27(32)28(30)33)26(31)23-18-19(4)10-11-20(23)5/h10-15,18,25,31H,6-9,16-17H2,1-5H3/b26-24+. The first kappa shape index (κ1) is 25.5. The van der Waals surface area contributed by atoms with Gasteiger partial charge in [0.2, 0.25) is 0 Å². The molecule has 1 atom stereocenters. The Kier molecular flexibility index (Phi) is 8.51. The normalized spacial score (nSPS) is 17.6. The van der Waals surface area contributed by atoms with Crippen LogP contribution in [-0.2, 0) is 9.59 Å². The lowest BCUT2D eigenvalue weighted by atomic mass is 9.93. The van der Waals surface area contributed by atoms with E-state index in [-0.39, 0.29) is 11.3 Å². The van der Waals surface area contributed by atoms with Gasteiger partial charge in [-0.1, -0.05) is 43.7 Å². The van der Waals surface area contributed by atoms with Gasteiger partial charge in [-0.2, -0.15) is 0 Å². The average Bonchev–Trinajstić information content (AvgIpc) is 3.08. The van der Waals surface area contributed by atoms with Crippen LogP contribution in [0, 0.1) is 13.8 Å². The Morgan fingerprint density at radius 2 is 1.71 bits per heavy atom. The molecule has 1 fully saturated rings. The van der Waals surface area contributed by atoms with E-state index < -0.39 is 17.7 Å². The Balaban J connectivity index is 2.06. The minimum atomic E-state index is -0.646. The first-order valence-electron chi connectivity index (χ1n) is 12.1. The molecule has 3 rings (SSSR count). The molecule has 0 aliphatic carbocycles. The molecule has 0 spiro atoms. The van der Waals surface area contributed by atoms with Gasteiger partial charge in [0.25, 0.3) is 11.7 Å². The number of hydrogen-bond acceptors (Lipinski definition) is 5. The molecule has 0 radical (unpaired) electrons. The summed E-state index contributed by atoms with van der Waals surface area (Å²) < 4.78 is 5.57. The molecule has 1 saturated heterocycles. The summed E-state index contributed by atoms with van der Waals surface area (Å²) in [6.07, 6.45) is 0.742. The Morgan fingerprint density at radius 1 is 1.03 bits per heavy atom. The summed E-state index contributed by atoms with van der Waals surface area (Å²) in [6.45, 7) is 13.7. The SMILES string of the molecule is CCOc1ccc(C2/C(=C(\O)c3cc(C)ccc3C)C(=O)C(=O)N2CCCN(CC)CC)cc1. The number of hydrogen-bond donors (Lipinski definition) is 1. The summed E-state index contributed by atoms with van der Waals surface area (Å²) in [4.78, 5) is 30.3. The van der Waals surface area contributed by atoms with E-state index in [1.807, 2.05) is 63.2 Å². The van der Waals surface area contributed by atoms with Crippen LogP contribution in [0.1, 0.15) is 55.5 Å². The van der Waals surface area contributed by atoms with E-state index >= 15 is 0 Å². The highest BCUT2D eigenvalue weighted by Gasteiger charge is 2.45. The van der Waals surface area contributed by atoms with Crippen molar-refractivity contribution in [2.75, 3.05) is 32.8 Å². The number of amides is 1. The summed E-state index contributed by atoms with van der Waals surface area (Å²) in [5.41, 5.74) is 3.32. The lowest BCUT2D eigenvalue weighted by Crippen LogP contribution is -2.33. The third kappa shape index (κ3) is 5.33. The van der Waals surface area contributed by atoms with E-state index in [0.29, 0.717) is 18.7 Å². The van der Waals surface area contributed by atoms with Crippen molar-refractivity contribution in [2.45, 2.75) is 47.1 Å². The second-order valence-corrected chi connectivity index (χ2v) is 8.69. The number of Topliss-reactive ketones (excluding diaryl/α,β-unsaturated/α-hetero) is 1. The molecular formula is C28H36N2O4. The quantitative estimate of drug-likeness (QED) is 0.309. The van der Waals surface area contributed by atoms with Crippen molar-refractivity contribution < 1.29 is 19.4 Å². The molecule has 1 N–H and O–H groups in total. The van der Waals surface area contributed by atoms with E-state index in [9.17, 15) is 14.7 Å². The Hall–Kier alpha value is -3.12. The lowest BCUT2D eigenvalue weighted by Gasteiger charge is -2.27. The molecule has 1 unspecified atom stereocenters. The summed E-state index contributed by atoms with van der Waals surface area (Å²) in [5.74, 6) is -0.602. The van der Waals surface area contributed by atoms with Crippen LogP contribution < -0.4 is 4.74 Å². The average molecular weight is 465 g/mol. The van der Waals surface area contributed by atoms with E-state index in [2.05, 4.69) is 18.7 Å². The molecule has 2 aromatic rings. The van der Waals surface area contributed by atoms with Gasteiger partial charge in [0.05, 0.1) is 18.2 Å². The smallest absolute Gasteiger partial charge is 0.295 e. The third-order valence-corrected chi connectivity index (χ3v) is 6.46. The van der Waals surface area contributed by atoms with Crippen LogP contribution in [0.3, 0.4) is 0 Å².